The topological polar surface area (TPSA) is 85.8 Å². The highest BCUT2D eigenvalue weighted by molar-refractivity contribution is 5.92. The first-order valence-electron chi connectivity index (χ1n) is 7.84. The highest BCUT2D eigenvalue weighted by Gasteiger charge is 2.31. The van der Waals surface area contributed by atoms with Gasteiger partial charge in [0.2, 0.25) is 0 Å². The van der Waals surface area contributed by atoms with Gasteiger partial charge in [-0.05, 0) is 29.7 Å². The SMILES string of the molecule is N[C@@H]1c2ccccc2C[C@H]1NC(=O)c1cn(-c2ccccc2)nn1. The van der Waals surface area contributed by atoms with E-state index in [0.29, 0.717) is 0 Å². The Kier molecular flexibility index (Phi) is 3.59. The van der Waals surface area contributed by atoms with E-state index >= 15 is 0 Å². The number of benzene rings is 2. The van der Waals surface area contributed by atoms with Gasteiger partial charge in [-0.2, -0.15) is 0 Å². The van der Waals surface area contributed by atoms with Gasteiger partial charge < -0.3 is 11.1 Å². The number of hydrogen-bond donors (Lipinski definition) is 2. The van der Waals surface area contributed by atoms with Gasteiger partial charge in [-0.3, -0.25) is 4.79 Å². The first kappa shape index (κ1) is 14.6. The molecule has 4 rings (SSSR count). The molecule has 0 fully saturated rings. The summed E-state index contributed by atoms with van der Waals surface area (Å²) in [6, 6.07) is 17.2. The van der Waals surface area contributed by atoms with Gasteiger partial charge in [0.25, 0.3) is 5.91 Å². The highest BCUT2D eigenvalue weighted by atomic mass is 16.2. The number of nitrogens with two attached hydrogens (primary N) is 1. The average Bonchev–Trinajstić information content (AvgIpc) is 3.22. The summed E-state index contributed by atoms with van der Waals surface area (Å²) in [4.78, 5) is 12.5. The van der Waals surface area contributed by atoms with Crippen LogP contribution in [0.3, 0.4) is 0 Å². The van der Waals surface area contributed by atoms with E-state index in [2.05, 4.69) is 15.6 Å². The lowest BCUT2D eigenvalue weighted by Crippen LogP contribution is -2.40. The fourth-order valence-corrected chi connectivity index (χ4v) is 3.08. The third-order valence-electron chi connectivity index (χ3n) is 4.35. The number of amides is 1. The van der Waals surface area contributed by atoms with Crippen LogP contribution < -0.4 is 11.1 Å². The van der Waals surface area contributed by atoms with E-state index in [0.717, 1.165) is 17.7 Å². The molecule has 3 N–H and O–H groups in total. The summed E-state index contributed by atoms with van der Waals surface area (Å²) in [6.07, 6.45) is 2.36. The van der Waals surface area contributed by atoms with Crippen molar-refractivity contribution in [3.63, 3.8) is 0 Å². The summed E-state index contributed by atoms with van der Waals surface area (Å²) in [6.45, 7) is 0. The number of para-hydroxylation sites is 1. The molecule has 6 nitrogen and oxygen atoms in total. The molecule has 120 valence electrons. The zero-order valence-electron chi connectivity index (χ0n) is 13.0. The summed E-state index contributed by atoms with van der Waals surface area (Å²) in [7, 11) is 0. The molecule has 2 aromatic carbocycles. The van der Waals surface area contributed by atoms with Crippen LogP contribution in [0.2, 0.25) is 0 Å². The molecule has 0 radical (unpaired) electrons. The quantitative estimate of drug-likeness (QED) is 0.768. The minimum atomic E-state index is -0.259. The van der Waals surface area contributed by atoms with Crippen molar-refractivity contribution in [2.45, 2.75) is 18.5 Å². The van der Waals surface area contributed by atoms with E-state index in [1.54, 1.807) is 10.9 Å². The van der Waals surface area contributed by atoms with Gasteiger partial charge in [0, 0.05) is 0 Å². The molecule has 24 heavy (non-hydrogen) atoms. The maximum absolute atomic E-state index is 12.5. The molecule has 3 aromatic rings. The van der Waals surface area contributed by atoms with Crippen LogP contribution in [0.1, 0.15) is 27.7 Å². The van der Waals surface area contributed by atoms with E-state index in [1.807, 2.05) is 54.6 Å². The number of nitrogens with zero attached hydrogens (tertiary/aromatic N) is 3. The molecule has 0 aliphatic heterocycles. The molecular weight excluding hydrogens is 302 g/mol. The van der Waals surface area contributed by atoms with Crippen LogP contribution in [-0.2, 0) is 6.42 Å². The first-order chi connectivity index (χ1) is 11.7. The Hall–Kier alpha value is -2.99. The Labute approximate surface area is 139 Å². The molecule has 1 aliphatic rings. The Balaban J connectivity index is 1.49. The monoisotopic (exact) mass is 319 g/mol. The molecule has 2 atom stereocenters. The van der Waals surface area contributed by atoms with Gasteiger partial charge in [-0.25, -0.2) is 4.68 Å². The minimum Gasteiger partial charge on any atom is -0.346 e. The average molecular weight is 319 g/mol. The molecule has 0 spiro atoms. The molecule has 1 aliphatic carbocycles. The van der Waals surface area contributed by atoms with Crippen molar-refractivity contribution in [1.82, 2.24) is 20.3 Å². The lowest BCUT2D eigenvalue weighted by molar-refractivity contribution is 0.0928. The number of hydrogen-bond acceptors (Lipinski definition) is 4. The van der Waals surface area contributed by atoms with Crippen LogP contribution in [0.25, 0.3) is 5.69 Å². The third-order valence-corrected chi connectivity index (χ3v) is 4.35. The number of aromatic nitrogens is 3. The summed E-state index contributed by atoms with van der Waals surface area (Å²) in [5.41, 5.74) is 9.67. The Morgan fingerprint density at radius 2 is 1.88 bits per heavy atom. The molecule has 0 saturated carbocycles. The highest BCUT2D eigenvalue weighted by Crippen LogP contribution is 2.29. The standard InChI is InChI=1S/C18H17N5O/c19-17-14-9-5-4-6-12(14)10-15(17)20-18(24)16-11-23(22-21-16)13-7-2-1-3-8-13/h1-9,11,15,17H,10,19H2,(H,20,24)/t15-,17-/m1/s1. The van der Waals surface area contributed by atoms with E-state index in [4.69, 9.17) is 5.73 Å². The van der Waals surface area contributed by atoms with Gasteiger partial charge in [-0.15, -0.1) is 5.10 Å². The molecule has 1 aromatic heterocycles. The van der Waals surface area contributed by atoms with E-state index in [9.17, 15) is 4.79 Å². The fraction of sp³-hybridized carbons (Fsp3) is 0.167. The summed E-state index contributed by atoms with van der Waals surface area (Å²) >= 11 is 0. The van der Waals surface area contributed by atoms with Crippen molar-refractivity contribution in [2.75, 3.05) is 0 Å². The van der Waals surface area contributed by atoms with E-state index in [1.165, 1.54) is 5.56 Å². The normalized spacial score (nSPS) is 19.0. The zero-order chi connectivity index (χ0) is 16.5. The molecule has 0 saturated heterocycles. The van der Waals surface area contributed by atoms with Gasteiger partial charge in [0.1, 0.15) is 0 Å². The molecule has 6 heteroatoms. The van der Waals surface area contributed by atoms with Gasteiger partial charge in [0.15, 0.2) is 5.69 Å². The fourth-order valence-electron chi connectivity index (χ4n) is 3.08. The van der Waals surface area contributed by atoms with Crippen molar-refractivity contribution < 1.29 is 4.79 Å². The van der Waals surface area contributed by atoms with Crippen LogP contribution in [0.5, 0.6) is 0 Å². The van der Waals surface area contributed by atoms with E-state index < -0.39 is 0 Å². The number of fused-ring (bicyclic) bond motifs is 1. The molecule has 1 heterocycles. The Bertz CT molecular complexity index is 874. The van der Waals surface area contributed by atoms with Crippen LogP contribution in [-0.4, -0.2) is 26.9 Å². The Morgan fingerprint density at radius 3 is 2.67 bits per heavy atom. The van der Waals surface area contributed by atoms with Crippen molar-refractivity contribution in [3.8, 4) is 5.69 Å². The minimum absolute atomic E-state index is 0.128. The lowest BCUT2D eigenvalue weighted by Gasteiger charge is -2.16. The molecule has 0 unspecified atom stereocenters. The molecule has 0 bridgehead atoms. The maximum atomic E-state index is 12.5. The summed E-state index contributed by atoms with van der Waals surface area (Å²) in [5, 5.41) is 11.0. The second-order valence-corrected chi connectivity index (χ2v) is 5.89. The number of carbonyl (C=O) groups excluding carboxylic acids is 1. The van der Waals surface area contributed by atoms with Crippen LogP contribution in [0, 0.1) is 0 Å². The predicted molar refractivity (Wildman–Crippen MR) is 89.7 cm³/mol. The van der Waals surface area contributed by atoms with Gasteiger partial charge in [0.05, 0.1) is 24.0 Å². The third kappa shape index (κ3) is 2.57. The number of carbonyl (C=O) groups is 1. The van der Waals surface area contributed by atoms with Crippen molar-refractivity contribution in [3.05, 3.63) is 77.6 Å². The lowest BCUT2D eigenvalue weighted by atomic mass is 10.1. The van der Waals surface area contributed by atoms with Crippen molar-refractivity contribution in [2.24, 2.45) is 5.73 Å². The summed E-state index contributed by atoms with van der Waals surface area (Å²) in [5.74, 6) is -0.259. The van der Waals surface area contributed by atoms with Crippen molar-refractivity contribution in [1.29, 1.82) is 0 Å². The van der Waals surface area contributed by atoms with Crippen LogP contribution >= 0.6 is 0 Å². The number of rotatable bonds is 3. The van der Waals surface area contributed by atoms with E-state index in [-0.39, 0.29) is 23.7 Å². The molecular formula is C18H17N5O. The molecule has 1 amide bonds. The van der Waals surface area contributed by atoms with Crippen molar-refractivity contribution >= 4 is 5.91 Å². The second kappa shape index (κ2) is 5.90. The van der Waals surface area contributed by atoms with Gasteiger partial charge in [-0.1, -0.05) is 47.7 Å². The first-order valence-corrected chi connectivity index (χ1v) is 7.84. The zero-order valence-corrected chi connectivity index (χ0v) is 13.0. The summed E-state index contributed by atoms with van der Waals surface area (Å²) < 4.78 is 1.58. The predicted octanol–water partition coefficient (Wildman–Crippen LogP) is 1.62. The van der Waals surface area contributed by atoms with Crippen LogP contribution in [0.4, 0.5) is 0 Å². The smallest absolute Gasteiger partial charge is 0.273 e. The maximum Gasteiger partial charge on any atom is 0.273 e. The second-order valence-electron chi connectivity index (χ2n) is 5.89. The van der Waals surface area contributed by atoms with Gasteiger partial charge >= 0.3 is 0 Å². The Morgan fingerprint density at radius 1 is 1.12 bits per heavy atom. The van der Waals surface area contributed by atoms with Crippen LogP contribution in [0.15, 0.2) is 60.8 Å². The number of nitrogens with one attached hydrogen (secondary N) is 1. The largest absolute Gasteiger partial charge is 0.346 e.